The van der Waals surface area contributed by atoms with E-state index in [0.717, 1.165) is 38.5 Å². The van der Waals surface area contributed by atoms with E-state index in [1.807, 2.05) is 84.9 Å². The summed E-state index contributed by atoms with van der Waals surface area (Å²) in [5, 5.41) is 3.38. The fourth-order valence-electron chi connectivity index (χ4n) is 6.94. The second-order valence-electron chi connectivity index (χ2n) is 12.1. The van der Waals surface area contributed by atoms with Gasteiger partial charge in [-0.05, 0) is 46.5 Å². The van der Waals surface area contributed by atoms with Crippen LogP contribution < -0.4 is 0 Å². The summed E-state index contributed by atoms with van der Waals surface area (Å²) in [7, 11) is 0. The van der Waals surface area contributed by atoms with Gasteiger partial charge in [0.05, 0.1) is 17.9 Å². The Bertz CT molecular complexity index is 3130. The molecule has 7 aromatic carbocycles. The summed E-state index contributed by atoms with van der Waals surface area (Å²) >= 11 is 0. The van der Waals surface area contributed by atoms with Gasteiger partial charge >= 0.3 is 0 Å². The third-order valence-electron chi connectivity index (χ3n) is 9.17. The minimum absolute atomic E-state index is 0.0925. The highest BCUT2D eigenvalue weighted by molar-refractivity contribution is 6.17. The molecule has 0 aliphatic rings. The quantitative estimate of drug-likeness (QED) is 0.187. The predicted molar refractivity (Wildman–Crippen MR) is 203 cm³/mol. The monoisotopic (exact) mass is 645 g/mol. The largest absolute Gasteiger partial charge is 0.456 e. The van der Waals surface area contributed by atoms with Crippen molar-refractivity contribution in [1.29, 1.82) is 0 Å². The lowest BCUT2D eigenvalue weighted by Crippen LogP contribution is -2.06. The molecule has 0 unspecified atom stereocenters. The summed E-state index contributed by atoms with van der Waals surface area (Å²) in [6.07, 6.45) is 0. The van der Waals surface area contributed by atoms with Crippen molar-refractivity contribution in [3.63, 3.8) is 0 Å². The lowest BCUT2D eigenvalue weighted by Gasteiger charge is -2.12. The first kappa shape index (κ1) is 23.5. The van der Waals surface area contributed by atoms with Gasteiger partial charge in [-0.25, -0.2) is 4.98 Å². The molecule has 234 valence electrons. The maximum atomic E-state index is 8.82. The maximum absolute atomic E-state index is 8.82. The molecule has 10 aromatic rings. The fraction of sp³-hybridized carbons (Fsp3) is 0. The predicted octanol–water partition coefficient (Wildman–Crippen LogP) is 11.5. The molecule has 0 spiro atoms. The summed E-state index contributed by atoms with van der Waals surface area (Å²) < 4.78 is 51.1. The Morgan fingerprint density at radius 3 is 1.88 bits per heavy atom. The van der Waals surface area contributed by atoms with Crippen LogP contribution in [0.25, 0.3) is 94.7 Å². The van der Waals surface area contributed by atoms with Crippen LogP contribution in [-0.4, -0.2) is 19.5 Å². The van der Waals surface area contributed by atoms with E-state index in [9.17, 15) is 0 Å². The van der Waals surface area contributed by atoms with Crippen LogP contribution in [0.5, 0.6) is 0 Å². The highest BCUT2D eigenvalue weighted by Gasteiger charge is 2.22. The highest BCUT2D eigenvalue weighted by atomic mass is 16.3. The van der Waals surface area contributed by atoms with Gasteiger partial charge in [0.1, 0.15) is 11.2 Å². The van der Waals surface area contributed by atoms with E-state index in [1.165, 1.54) is 0 Å². The molecular weight excluding hydrogens is 613 g/mol. The van der Waals surface area contributed by atoms with Crippen molar-refractivity contribution in [2.24, 2.45) is 0 Å². The molecule has 5 nitrogen and oxygen atoms in total. The molecule has 0 N–H and O–H groups in total. The number of hydrogen-bond acceptors (Lipinski definition) is 4. The molecule has 0 atom stereocenters. The molecule has 0 amide bonds. The van der Waals surface area contributed by atoms with E-state index in [0.29, 0.717) is 50.7 Å². The minimum Gasteiger partial charge on any atom is -0.456 e. The fourth-order valence-corrected chi connectivity index (χ4v) is 6.94. The number of furan rings is 1. The van der Waals surface area contributed by atoms with Gasteiger partial charge in [0.25, 0.3) is 0 Å². The van der Waals surface area contributed by atoms with Crippen LogP contribution in [0, 0.1) is 0 Å². The van der Waals surface area contributed by atoms with Crippen LogP contribution in [-0.2, 0) is 0 Å². The Morgan fingerprint density at radius 2 is 1.10 bits per heavy atom. The van der Waals surface area contributed by atoms with Crippen molar-refractivity contribution in [2.45, 2.75) is 0 Å². The van der Waals surface area contributed by atoms with Crippen molar-refractivity contribution in [2.75, 3.05) is 0 Å². The average Bonchev–Trinajstić information content (AvgIpc) is 3.79. The van der Waals surface area contributed by atoms with E-state index in [4.69, 9.17) is 26.2 Å². The number of fused-ring (bicyclic) bond motifs is 6. The Hall–Kier alpha value is -6.85. The van der Waals surface area contributed by atoms with Gasteiger partial charge in [-0.3, -0.25) is 4.57 Å². The minimum atomic E-state index is -0.448. The second kappa shape index (κ2) is 11.4. The van der Waals surface area contributed by atoms with Gasteiger partial charge in [0.15, 0.2) is 11.6 Å². The van der Waals surface area contributed by atoms with Gasteiger partial charge in [0, 0.05) is 32.7 Å². The lowest BCUT2D eigenvalue weighted by atomic mass is 9.97. The lowest BCUT2D eigenvalue weighted by molar-refractivity contribution is 0.669. The normalized spacial score (nSPS) is 13.0. The van der Waals surface area contributed by atoms with Gasteiger partial charge in [-0.15, -0.1) is 0 Å². The summed E-state index contributed by atoms with van der Waals surface area (Å²) in [6.45, 7) is 0. The smallest absolute Gasteiger partial charge is 0.238 e. The first-order valence-corrected chi connectivity index (χ1v) is 16.3. The zero-order valence-electron chi connectivity index (χ0n) is 31.5. The number of aromatic nitrogens is 4. The Balaban J connectivity index is 1.29. The molecule has 0 fully saturated rings. The van der Waals surface area contributed by atoms with Crippen molar-refractivity contribution >= 4 is 43.7 Å². The SMILES string of the molecule is [2H]c1c([2H])c([2H])c(-c2cccc3oc4cccc(-c5nc(-c6ccccc6)nc(-n6c7ccccc7c7ccc(-c8ccccc8)cc76)n5)c4c23)c([2H])c1[2H]. The van der Waals surface area contributed by atoms with E-state index in [2.05, 4.69) is 47.0 Å². The average molecular weight is 646 g/mol. The van der Waals surface area contributed by atoms with Crippen molar-refractivity contribution < 1.29 is 11.3 Å². The summed E-state index contributed by atoms with van der Waals surface area (Å²) in [5.74, 6) is 1.29. The summed E-state index contributed by atoms with van der Waals surface area (Å²) in [5.41, 5.74) is 7.07. The second-order valence-corrected chi connectivity index (χ2v) is 12.1. The molecule has 0 aliphatic carbocycles. The van der Waals surface area contributed by atoms with Crippen LogP contribution in [0.2, 0.25) is 0 Å². The first-order valence-electron chi connectivity index (χ1n) is 18.8. The Morgan fingerprint density at radius 1 is 0.460 bits per heavy atom. The zero-order valence-corrected chi connectivity index (χ0v) is 26.5. The molecule has 5 heteroatoms. The number of para-hydroxylation sites is 1. The van der Waals surface area contributed by atoms with E-state index >= 15 is 0 Å². The van der Waals surface area contributed by atoms with E-state index < -0.39 is 18.1 Å². The first-order chi connectivity index (χ1) is 26.9. The van der Waals surface area contributed by atoms with Gasteiger partial charge < -0.3 is 4.42 Å². The molecule has 3 aromatic heterocycles. The van der Waals surface area contributed by atoms with Crippen LogP contribution in [0.1, 0.15) is 6.85 Å². The van der Waals surface area contributed by atoms with Gasteiger partial charge in [-0.1, -0.05) is 145 Å². The number of benzene rings is 7. The van der Waals surface area contributed by atoms with E-state index in [-0.39, 0.29) is 17.6 Å². The number of hydrogen-bond donors (Lipinski definition) is 0. The summed E-state index contributed by atoms with van der Waals surface area (Å²) in [4.78, 5) is 15.4. The van der Waals surface area contributed by atoms with Crippen molar-refractivity contribution in [3.8, 4) is 51.0 Å². The third kappa shape index (κ3) is 4.52. The molecular formula is C45H28N4O. The Labute approximate surface area is 294 Å². The zero-order chi connectivity index (χ0) is 37.4. The van der Waals surface area contributed by atoms with Crippen molar-refractivity contribution in [1.82, 2.24) is 19.5 Å². The third-order valence-corrected chi connectivity index (χ3v) is 9.17. The number of nitrogens with zero attached hydrogens (tertiary/aromatic N) is 4. The van der Waals surface area contributed by atoms with Gasteiger partial charge in [0.2, 0.25) is 5.95 Å². The molecule has 3 heterocycles. The molecule has 50 heavy (non-hydrogen) atoms. The standard InChI is InChI=1S/C45H28N4O/c1-4-14-29(15-5-1)32-26-27-35-34-20-10-11-23-37(34)49(38(35)28-32)45-47-43(31-18-8-3-9-19-31)46-44(48-45)36-22-13-25-40-42(36)41-33(21-12-24-39(41)50-40)30-16-6-2-7-17-30/h1-28H/i2D,6D,7D,16D,17D. The molecule has 0 saturated heterocycles. The van der Waals surface area contributed by atoms with Crippen LogP contribution >= 0.6 is 0 Å². The van der Waals surface area contributed by atoms with Crippen LogP contribution in [0.15, 0.2) is 174 Å². The molecule has 0 saturated carbocycles. The maximum Gasteiger partial charge on any atom is 0.238 e. The van der Waals surface area contributed by atoms with Crippen LogP contribution in [0.3, 0.4) is 0 Å². The number of rotatable bonds is 5. The topological polar surface area (TPSA) is 56.7 Å². The molecule has 10 rings (SSSR count). The van der Waals surface area contributed by atoms with Gasteiger partial charge in [-0.2, -0.15) is 9.97 Å². The molecule has 0 radical (unpaired) electrons. The molecule has 0 bridgehead atoms. The van der Waals surface area contributed by atoms with E-state index in [1.54, 1.807) is 12.1 Å². The van der Waals surface area contributed by atoms with Crippen LogP contribution in [0.4, 0.5) is 0 Å². The van der Waals surface area contributed by atoms with Crippen molar-refractivity contribution in [3.05, 3.63) is 170 Å². The highest BCUT2D eigenvalue weighted by Crippen LogP contribution is 2.41. The molecule has 0 aliphatic heterocycles. The summed E-state index contributed by atoms with van der Waals surface area (Å²) in [6, 6.07) is 43.9. The Kier molecular flexibility index (Phi) is 5.35.